The van der Waals surface area contributed by atoms with Gasteiger partial charge in [-0.05, 0) is 38.9 Å². The van der Waals surface area contributed by atoms with E-state index in [1.165, 1.54) is 25.9 Å². The highest BCUT2D eigenvalue weighted by atomic mass is 16.7. The van der Waals surface area contributed by atoms with Crippen LogP contribution in [0.2, 0.25) is 0 Å². The first-order chi connectivity index (χ1) is 7.28. The van der Waals surface area contributed by atoms with Crippen molar-refractivity contribution in [2.45, 2.75) is 31.7 Å². The molecule has 0 aromatic carbocycles. The summed E-state index contributed by atoms with van der Waals surface area (Å²) in [5, 5.41) is 8.91. The van der Waals surface area contributed by atoms with Crippen molar-refractivity contribution in [2.75, 3.05) is 33.4 Å². The third-order valence-electron chi connectivity index (χ3n) is 3.38. The van der Waals surface area contributed by atoms with E-state index in [0.717, 1.165) is 12.3 Å². The Bertz CT molecular complexity index is 192. The zero-order valence-electron chi connectivity index (χ0n) is 9.39. The minimum Gasteiger partial charge on any atom is -0.394 e. The average molecular weight is 215 g/mol. The Morgan fingerprint density at radius 1 is 1.33 bits per heavy atom. The van der Waals surface area contributed by atoms with Crippen LogP contribution in [-0.2, 0) is 9.47 Å². The minimum absolute atomic E-state index is 0.0733. The van der Waals surface area contributed by atoms with Crippen molar-refractivity contribution in [2.24, 2.45) is 5.92 Å². The molecule has 0 aromatic heterocycles. The van der Waals surface area contributed by atoms with Crippen LogP contribution in [0.4, 0.5) is 0 Å². The van der Waals surface area contributed by atoms with Crippen LogP contribution in [-0.4, -0.2) is 55.8 Å². The summed E-state index contributed by atoms with van der Waals surface area (Å²) in [5.74, 6) is 0.726. The van der Waals surface area contributed by atoms with Gasteiger partial charge in [-0.15, -0.1) is 0 Å². The second-order valence-corrected chi connectivity index (χ2v) is 4.69. The maximum Gasteiger partial charge on any atom is 0.158 e. The lowest BCUT2D eigenvalue weighted by Crippen LogP contribution is -2.32. The van der Waals surface area contributed by atoms with Crippen LogP contribution in [0, 0.1) is 5.92 Å². The van der Waals surface area contributed by atoms with Gasteiger partial charge in [0.25, 0.3) is 0 Å². The SMILES string of the molecule is CN1CCC(CC2OCC(CO)O2)CC1. The normalized spacial score (nSPS) is 34.8. The fourth-order valence-corrected chi connectivity index (χ4v) is 2.30. The third-order valence-corrected chi connectivity index (χ3v) is 3.38. The van der Waals surface area contributed by atoms with Gasteiger partial charge in [-0.3, -0.25) is 0 Å². The van der Waals surface area contributed by atoms with E-state index in [1.807, 2.05) is 0 Å². The Hall–Kier alpha value is -0.160. The number of aliphatic hydroxyl groups excluding tert-OH is 1. The highest BCUT2D eigenvalue weighted by Crippen LogP contribution is 2.25. The molecule has 2 rings (SSSR count). The molecule has 4 heteroatoms. The van der Waals surface area contributed by atoms with Gasteiger partial charge in [0, 0.05) is 6.42 Å². The Kier molecular flexibility index (Phi) is 3.97. The van der Waals surface area contributed by atoms with Crippen molar-refractivity contribution in [3.8, 4) is 0 Å². The molecule has 88 valence electrons. The fraction of sp³-hybridized carbons (Fsp3) is 1.00. The Morgan fingerprint density at radius 2 is 2.07 bits per heavy atom. The predicted octanol–water partition coefficient (Wildman–Crippen LogP) is 0.452. The van der Waals surface area contributed by atoms with Crippen LogP contribution in [0.1, 0.15) is 19.3 Å². The number of aliphatic hydroxyl groups is 1. The maximum absolute atomic E-state index is 8.91. The Balaban J connectivity index is 1.69. The van der Waals surface area contributed by atoms with E-state index in [1.54, 1.807) is 0 Å². The highest BCUT2D eigenvalue weighted by molar-refractivity contribution is 4.73. The van der Waals surface area contributed by atoms with Crippen LogP contribution in [0.5, 0.6) is 0 Å². The zero-order valence-corrected chi connectivity index (χ0v) is 9.39. The lowest BCUT2D eigenvalue weighted by molar-refractivity contribution is -0.0811. The van der Waals surface area contributed by atoms with Gasteiger partial charge in [0.15, 0.2) is 6.29 Å². The smallest absolute Gasteiger partial charge is 0.158 e. The average Bonchev–Trinajstić information content (AvgIpc) is 2.69. The van der Waals surface area contributed by atoms with Gasteiger partial charge in [0.2, 0.25) is 0 Å². The number of hydrogen-bond acceptors (Lipinski definition) is 4. The van der Waals surface area contributed by atoms with Crippen molar-refractivity contribution >= 4 is 0 Å². The molecule has 0 aliphatic carbocycles. The molecule has 0 aromatic rings. The zero-order chi connectivity index (χ0) is 10.7. The highest BCUT2D eigenvalue weighted by Gasteiger charge is 2.28. The van der Waals surface area contributed by atoms with E-state index >= 15 is 0 Å². The first kappa shape index (κ1) is 11.3. The van der Waals surface area contributed by atoms with E-state index in [0.29, 0.717) is 6.61 Å². The van der Waals surface area contributed by atoms with Crippen molar-refractivity contribution in [1.29, 1.82) is 0 Å². The van der Waals surface area contributed by atoms with E-state index < -0.39 is 0 Å². The maximum atomic E-state index is 8.91. The molecule has 2 fully saturated rings. The second kappa shape index (κ2) is 5.25. The molecule has 2 saturated heterocycles. The van der Waals surface area contributed by atoms with Gasteiger partial charge in [-0.2, -0.15) is 0 Å². The molecule has 2 atom stereocenters. The number of piperidine rings is 1. The molecule has 4 nitrogen and oxygen atoms in total. The molecule has 2 aliphatic heterocycles. The number of likely N-dealkylation sites (tertiary alicyclic amines) is 1. The first-order valence-corrected chi connectivity index (χ1v) is 5.84. The van der Waals surface area contributed by atoms with Crippen LogP contribution in [0.25, 0.3) is 0 Å². The standard InChI is InChI=1S/C11H21NO3/c1-12-4-2-9(3-5-12)6-11-14-8-10(7-13)15-11/h9-11,13H,2-8H2,1H3. The van der Waals surface area contributed by atoms with Crippen molar-refractivity contribution in [1.82, 2.24) is 4.90 Å². The lowest BCUT2D eigenvalue weighted by Gasteiger charge is -2.29. The van der Waals surface area contributed by atoms with E-state index in [9.17, 15) is 0 Å². The van der Waals surface area contributed by atoms with Crippen molar-refractivity contribution in [3.63, 3.8) is 0 Å². The lowest BCUT2D eigenvalue weighted by atomic mass is 9.94. The largest absolute Gasteiger partial charge is 0.394 e. The molecule has 0 bridgehead atoms. The number of rotatable bonds is 3. The molecular weight excluding hydrogens is 194 g/mol. The summed E-state index contributed by atoms with van der Waals surface area (Å²) in [6.45, 7) is 2.99. The molecule has 0 radical (unpaired) electrons. The van der Waals surface area contributed by atoms with E-state index in [2.05, 4.69) is 11.9 Å². The van der Waals surface area contributed by atoms with E-state index in [-0.39, 0.29) is 19.0 Å². The topological polar surface area (TPSA) is 41.9 Å². The summed E-state index contributed by atoms with van der Waals surface area (Å²) < 4.78 is 11.0. The summed E-state index contributed by atoms with van der Waals surface area (Å²) in [7, 11) is 2.17. The van der Waals surface area contributed by atoms with Crippen LogP contribution < -0.4 is 0 Å². The van der Waals surface area contributed by atoms with Gasteiger partial charge < -0.3 is 19.5 Å². The van der Waals surface area contributed by atoms with E-state index in [4.69, 9.17) is 14.6 Å². The Morgan fingerprint density at radius 3 is 2.67 bits per heavy atom. The van der Waals surface area contributed by atoms with Gasteiger partial charge in [0.05, 0.1) is 13.2 Å². The first-order valence-electron chi connectivity index (χ1n) is 5.84. The molecule has 0 amide bonds. The quantitative estimate of drug-likeness (QED) is 0.742. The Labute approximate surface area is 91.2 Å². The summed E-state index contributed by atoms with van der Waals surface area (Å²) in [5.41, 5.74) is 0. The van der Waals surface area contributed by atoms with Gasteiger partial charge in [0.1, 0.15) is 6.10 Å². The summed E-state index contributed by atoms with van der Waals surface area (Å²) in [6, 6.07) is 0. The minimum atomic E-state index is -0.0961. The van der Waals surface area contributed by atoms with Gasteiger partial charge >= 0.3 is 0 Å². The van der Waals surface area contributed by atoms with Crippen LogP contribution in [0.15, 0.2) is 0 Å². The van der Waals surface area contributed by atoms with Gasteiger partial charge in [-0.25, -0.2) is 0 Å². The number of hydrogen-bond donors (Lipinski definition) is 1. The summed E-state index contributed by atoms with van der Waals surface area (Å²) >= 11 is 0. The van der Waals surface area contributed by atoms with Crippen LogP contribution >= 0.6 is 0 Å². The molecule has 0 spiro atoms. The summed E-state index contributed by atoms with van der Waals surface area (Å²) in [6.07, 6.45) is 3.30. The summed E-state index contributed by atoms with van der Waals surface area (Å²) in [4.78, 5) is 2.36. The molecular formula is C11H21NO3. The second-order valence-electron chi connectivity index (χ2n) is 4.69. The molecule has 2 unspecified atom stereocenters. The molecule has 2 aliphatic rings. The fourth-order valence-electron chi connectivity index (χ4n) is 2.30. The monoisotopic (exact) mass is 215 g/mol. The van der Waals surface area contributed by atoms with Crippen molar-refractivity contribution < 1.29 is 14.6 Å². The van der Waals surface area contributed by atoms with Gasteiger partial charge in [-0.1, -0.05) is 0 Å². The van der Waals surface area contributed by atoms with Crippen molar-refractivity contribution in [3.05, 3.63) is 0 Å². The third kappa shape index (κ3) is 3.14. The molecule has 15 heavy (non-hydrogen) atoms. The number of ether oxygens (including phenoxy) is 2. The molecule has 0 saturated carbocycles. The molecule has 1 N–H and O–H groups in total. The predicted molar refractivity (Wildman–Crippen MR) is 56.5 cm³/mol. The molecule has 2 heterocycles. The number of nitrogens with zero attached hydrogens (tertiary/aromatic N) is 1. The van der Waals surface area contributed by atoms with Crippen LogP contribution in [0.3, 0.4) is 0 Å².